The van der Waals surface area contributed by atoms with Gasteiger partial charge in [-0.2, -0.15) is 0 Å². The number of methoxy groups -OCH3 is 1. The molecule has 0 aliphatic heterocycles. The van der Waals surface area contributed by atoms with Gasteiger partial charge < -0.3 is 9.64 Å². The maximum absolute atomic E-state index is 13.6. The molecule has 112 valence electrons. The Morgan fingerprint density at radius 2 is 2.00 bits per heavy atom. The Morgan fingerprint density at radius 1 is 1.35 bits per heavy atom. The number of non-ortho nitro benzene ring substituents is 1. The molecule has 0 N–H and O–H groups in total. The summed E-state index contributed by atoms with van der Waals surface area (Å²) in [6.45, 7) is 5.15. The quantitative estimate of drug-likeness (QED) is 0.542. The third kappa shape index (κ3) is 4.16. The average molecular weight is 284 g/mol. The van der Waals surface area contributed by atoms with E-state index >= 15 is 0 Å². The molecule has 0 amide bonds. The van der Waals surface area contributed by atoms with Crippen LogP contribution < -0.4 is 4.90 Å². The Labute approximate surface area is 118 Å². The minimum atomic E-state index is -0.595. The number of nitrogens with zero attached hydrogens (tertiary/aromatic N) is 2. The van der Waals surface area contributed by atoms with Crippen molar-refractivity contribution in [3.8, 4) is 0 Å². The number of nitro benzene ring substituents is 1. The molecule has 0 saturated carbocycles. The monoisotopic (exact) mass is 284 g/mol. The number of ether oxygens (including phenoxy) is 1. The average Bonchev–Trinajstić information content (AvgIpc) is 2.42. The lowest BCUT2D eigenvalue weighted by molar-refractivity contribution is -0.385. The lowest BCUT2D eigenvalue weighted by atomic mass is 10.1. The lowest BCUT2D eigenvalue weighted by Crippen LogP contribution is -2.37. The molecule has 1 aromatic carbocycles. The summed E-state index contributed by atoms with van der Waals surface area (Å²) in [6, 6.07) is 3.88. The van der Waals surface area contributed by atoms with Crippen LogP contribution in [0.2, 0.25) is 0 Å². The van der Waals surface area contributed by atoms with Crippen LogP contribution in [0.4, 0.5) is 15.8 Å². The van der Waals surface area contributed by atoms with Gasteiger partial charge in [-0.1, -0.05) is 13.8 Å². The molecule has 6 heteroatoms. The normalized spacial score (nSPS) is 10.8. The summed E-state index contributed by atoms with van der Waals surface area (Å²) < 4.78 is 18.7. The highest BCUT2D eigenvalue weighted by Gasteiger charge is 2.19. The van der Waals surface area contributed by atoms with Crippen LogP contribution in [0.5, 0.6) is 0 Å². The Kier molecular flexibility index (Phi) is 6.38. The van der Waals surface area contributed by atoms with Crippen molar-refractivity contribution < 1.29 is 14.1 Å². The number of hydrogen-bond acceptors (Lipinski definition) is 4. The van der Waals surface area contributed by atoms with Gasteiger partial charge >= 0.3 is 0 Å². The Morgan fingerprint density at radius 3 is 2.50 bits per heavy atom. The van der Waals surface area contributed by atoms with Crippen molar-refractivity contribution >= 4 is 11.4 Å². The van der Waals surface area contributed by atoms with E-state index in [9.17, 15) is 14.5 Å². The van der Waals surface area contributed by atoms with Crippen molar-refractivity contribution in [1.29, 1.82) is 0 Å². The van der Waals surface area contributed by atoms with Gasteiger partial charge in [-0.3, -0.25) is 10.1 Å². The predicted octanol–water partition coefficient (Wildman–Crippen LogP) is 3.38. The number of hydrogen-bond donors (Lipinski definition) is 0. The molecule has 0 heterocycles. The van der Waals surface area contributed by atoms with Crippen molar-refractivity contribution in [2.24, 2.45) is 0 Å². The van der Waals surface area contributed by atoms with Crippen molar-refractivity contribution in [2.45, 2.75) is 32.7 Å². The highest BCUT2D eigenvalue weighted by Crippen LogP contribution is 2.26. The van der Waals surface area contributed by atoms with E-state index in [-0.39, 0.29) is 11.7 Å². The minimum Gasteiger partial charge on any atom is -0.383 e. The zero-order chi connectivity index (χ0) is 15.1. The molecule has 0 fully saturated rings. The molecular formula is C14H21FN2O3. The molecular weight excluding hydrogens is 263 g/mol. The third-order valence-electron chi connectivity index (χ3n) is 3.33. The molecule has 0 saturated heterocycles. The van der Waals surface area contributed by atoms with Crippen molar-refractivity contribution in [2.75, 3.05) is 25.2 Å². The molecule has 0 aliphatic rings. The van der Waals surface area contributed by atoms with E-state index in [1.165, 1.54) is 12.1 Å². The van der Waals surface area contributed by atoms with Crippen LogP contribution in [-0.2, 0) is 4.74 Å². The van der Waals surface area contributed by atoms with Crippen LogP contribution >= 0.6 is 0 Å². The van der Waals surface area contributed by atoms with Gasteiger partial charge in [0.25, 0.3) is 5.69 Å². The summed E-state index contributed by atoms with van der Waals surface area (Å²) in [5, 5.41) is 10.8. The Balaban J connectivity index is 3.14. The molecule has 0 aliphatic carbocycles. The molecule has 1 rings (SSSR count). The number of rotatable bonds is 8. The standard InChI is InChI=1S/C14H21FN2O3/c1-4-12(5-2)16(6-7-20-3)13-8-11(15)9-14(10-13)17(18)19/h8-10,12H,4-7H2,1-3H3. The van der Waals surface area contributed by atoms with Gasteiger partial charge in [-0.05, 0) is 18.9 Å². The summed E-state index contributed by atoms with van der Waals surface area (Å²) in [7, 11) is 1.60. The molecule has 1 aromatic rings. The minimum absolute atomic E-state index is 0.201. The molecule has 0 aromatic heterocycles. The smallest absolute Gasteiger partial charge is 0.274 e. The van der Waals surface area contributed by atoms with Crippen LogP contribution in [0.25, 0.3) is 0 Å². The molecule has 5 nitrogen and oxygen atoms in total. The molecule has 0 atom stereocenters. The molecule has 0 bridgehead atoms. The van der Waals surface area contributed by atoms with E-state index in [1.54, 1.807) is 7.11 Å². The van der Waals surface area contributed by atoms with Gasteiger partial charge in [0.15, 0.2) is 0 Å². The molecule has 0 radical (unpaired) electrons. The van der Waals surface area contributed by atoms with Crippen LogP contribution in [0, 0.1) is 15.9 Å². The first kappa shape index (κ1) is 16.4. The maximum Gasteiger partial charge on any atom is 0.274 e. The van der Waals surface area contributed by atoms with E-state index < -0.39 is 10.7 Å². The Hall–Kier alpha value is -1.69. The largest absolute Gasteiger partial charge is 0.383 e. The first-order valence-corrected chi connectivity index (χ1v) is 6.74. The fourth-order valence-corrected chi connectivity index (χ4v) is 2.27. The van der Waals surface area contributed by atoms with Gasteiger partial charge in [-0.15, -0.1) is 0 Å². The zero-order valence-electron chi connectivity index (χ0n) is 12.1. The topological polar surface area (TPSA) is 55.6 Å². The van der Waals surface area contributed by atoms with E-state index in [4.69, 9.17) is 4.74 Å². The second-order valence-corrected chi connectivity index (χ2v) is 4.58. The zero-order valence-corrected chi connectivity index (χ0v) is 12.1. The highest BCUT2D eigenvalue weighted by atomic mass is 19.1. The van der Waals surface area contributed by atoms with Crippen molar-refractivity contribution in [1.82, 2.24) is 0 Å². The van der Waals surface area contributed by atoms with Crippen LogP contribution in [0.1, 0.15) is 26.7 Å². The second kappa shape index (κ2) is 7.79. The SMILES string of the molecule is CCC(CC)N(CCOC)c1cc(F)cc([N+](=O)[O-])c1. The molecule has 0 unspecified atom stereocenters. The fraction of sp³-hybridized carbons (Fsp3) is 0.571. The van der Waals surface area contributed by atoms with E-state index in [1.807, 2.05) is 18.7 Å². The van der Waals surface area contributed by atoms with Crippen LogP contribution in [0.3, 0.4) is 0 Å². The second-order valence-electron chi connectivity index (χ2n) is 4.58. The molecule has 20 heavy (non-hydrogen) atoms. The number of anilines is 1. The first-order chi connectivity index (χ1) is 9.53. The third-order valence-corrected chi connectivity index (χ3v) is 3.33. The van der Waals surface area contributed by atoms with Gasteiger partial charge in [0.1, 0.15) is 5.82 Å². The van der Waals surface area contributed by atoms with E-state index in [2.05, 4.69) is 0 Å². The maximum atomic E-state index is 13.6. The number of benzene rings is 1. The highest BCUT2D eigenvalue weighted by molar-refractivity contribution is 5.54. The Bertz CT molecular complexity index is 450. The fourth-order valence-electron chi connectivity index (χ4n) is 2.27. The summed E-state index contributed by atoms with van der Waals surface area (Å²) >= 11 is 0. The van der Waals surface area contributed by atoms with Gasteiger partial charge in [0.05, 0.1) is 17.6 Å². The van der Waals surface area contributed by atoms with Crippen LogP contribution in [0.15, 0.2) is 18.2 Å². The number of nitro groups is 1. The predicted molar refractivity (Wildman–Crippen MR) is 76.6 cm³/mol. The van der Waals surface area contributed by atoms with Crippen molar-refractivity contribution in [3.05, 3.63) is 34.1 Å². The summed E-state index contributed by atoms with van der Waals surface area (Å²) in [4.78, 5) is 12.2. The van der Waals surface area contributed by atoms with Gasteiger partial charge in [0.2, 0.25) is 0 Å². The van der Waals surface area contributed by atoms with Crippen LogP contribution in [-0.4, -0.2) is 31.2 Å². The first-order valence-electron chi connectivity index (χ1n) is 6.74. The van der Waals surface area contributed by atoms with Gasteiger partial charge in [-0.25, -0.2) is 4.39 Å². The number of halogens is 1. The lowest BCUT2D eigenvalue weighted by Gasteiger charge is -2.32. The van der Waals surface area contributed by atoms with Gasteiger partial charge in [0, 0.05) is 31.5 Å². The van der Waals surface area contributed by atoms with Crippen molar-refractivity contribution in [3.63, 3.8) is 0 Å². The molecule has 0 spiro atoms. The summed E-state index contributed by atoms with van der Waals surface area (Å²) in [5.74, 6) is -0.595. The summed E-state index contributed by atoms with van der Waals surface area (Å²) in [6.07, 6.45) is 1.76. The summed E-state index contributed by atoms with van der Waals surface area (Å²) in [5.41, 5.74) is 0.302. The van der Waals surface area contributed by atoms with E-state index in [0.717, 1.165) is 18.9 Å². The van der Waals surface area contributed by atoms with E-state index in [0.29, 0.717) is 18.8 Å².